The molecule has 0 unspecified atom stereocenters. The minimum Gasteiger partial charge on any atom is -0.423 e. The number of fused-ring (bicyclic) bond motifs is 1. The van der Waals surface area contributed by atoms with Crippen LogP contribution in [0.4, 0.5) is 17.5 Å². The molecule has 10 nitrogen and oxygen atoms in total. The van der Waals surface area contributed by atoms with Gasteiger partial charge in [0.15, 0.2) is 9.84 Å². The molecular weight excluding hydrogens is 456 g/mol. The lowest BCUT2D eigenvalue weighted by molar-refractivity contribution is 0.276. The molecule has 3 N–H and O–H groups in total. The second kappa shape index (κ2) is 9.20. The molecule has 0 spiro atoms. The van der Waals surface area contributed by atoms with Crippen molar-refractivity contribution < 1.29 is 17.9 Å². The first-order valence-corrected chi connectivity index (χ1v) is 12.4. The highest BCUT2D eigenvalue weighted by Crippen LogP contribution is 2.31. The van der Waals surface area contributed by atoms with Gasteiger partial charge < -0.3 is 20.2 Å². The van der Waals surface area contributed by atoms with Gasteiger partial charge in [-0.15, -0.1) is 10.2 Å². The Bertz CT molecular complexity index is 1390. The van der Waals surface area contributed by atoms with Crippen LogP contribution >= 0.6 is 0 Å². The van der Waals surface area contributed by atoms with Crippen molar-refractivity contribution in [1.82, 2.24) is 20.2 Å². The number of hydrogen-bond donors (Lipinski definition) is 3. The topological polar surface area (TPSA) is 143 Å². The molecule has 0 bridgehead atoms. The van der Waals surface area contributed by atoms with Crippen LogP contribution < -0.4 is 10.6 Å². The number of sulfone groups is 1. The molecule has 4 aromatic rings. The maximum atomic E-state index is 12.3. The van der Waals surface area contributed by atoms with Crippen molar-refractivity contribution in [1.29, 1.82) is 0 Å². The first kappa shape index (κ1) is 22.0. The molecule has 0 amide bonds. The molecule has 1 aliphatic rings. The average Bonchev–Trinajstić information content (AvgIpc) is 3.38. The van der Waals surface area contributed by atoms with E-state index >= 15 is 0 Å². The molecule has 1 aliphatic heterocycles. The first-order chi connectivity index (χ1) is 16.5. The van der Waals surface area contributed by atoms with Gasteiger partial charge in [-0.1, -0.05) is 30.3 Å². The number of nitrogens with zero attached hydrogens (tertiary/aromatic N) is 4. The van der Waals surface area contributed by atoms with Gasteiger partial charge in [-0.2, -0.15) is 4.98 Å². The third-order valence-electron chi connectivity index (χ3n) is 5.59. The fraction of sp³-hybridized carbons (Fsp3) is 0.217. The van der Waals surface area contributed by atoms with E-state index < -0.39 is 15.9 Å². The van der Waals surface area contributed by atoms with Crippen LogP contribution in [0.5, 0.6) is 0 Å². The fourth-order valence-electron chi connectivity index (χ4n) is 3.93. The lowest BCUT2D eigenvalue weighted by atomic mass is 10.1. The monoisotopic (exact) mass is 478 g/mol. The molecule has 174 valence electrons. The summed E-state index contributed by atoms with van der Waals surface area (Å²) in [6, 6.07) is 14.2. The van der Waals surface area contributed by atoms with Crippen molar-refractivity contribution in [2.24, 2.45) is 0 Å². The number of nitrogens with one attached hydrogen (secondary N) is 2. The summed E-state index contributed by atoms with van der Waals surface area (Å²) < 4.78 is 29.9. The number of anilines is 3. The van der Waals surface area contributed by atoms with Gasteiger partial charge in [-0.05, 0) is 42.2 Å². The SMILES string of the molecule is O=S1(=O)CCCc2cc(Nc3ncc(-c4nnco4)c(N[C@H](CO)c4ccccc4)n3)ccc21. The van der Waals surface area contributed by atoms with Gasteiger partial charge in [-0.25, -0.2) is 13.4 Å². The Hall–Kier alpha value is -3.83. The molecule has 5 rings (SSSR count). The van der Waals surface area contributed by atoms with E-state index in [9.17, 15) is 13.5 Å². The second-order valence-electron chi connectivity index (χ2n) is 7.86. The molecule has 0 aliphatic carbocycles. The van der Waals surface area contributed by atoms with Crippen LogP contribution in [0, 0.1) is 0 Å². The zero-order chi connectivity index (χ0) is 23.5. The standard InChI is InChI=1S/C23H22N6O4S/c30-13-19(15-5-2-1-3-6-15)27-21-18(22-29-25-14-33-22)12-24-23(28-21)26-17-8-9-20-16(11-17)7-4-10-34(20,31)32/h1-3,5-6,8-9,11-12,14,19,30H,4,7,10,13H2,(H2,24,26,27,28)/t19-/m1/s1. The van der Waals surface area contributed by atoms with Crippen LogP contribution in [0.2, 0.25) is 0 Å². The van der Waals surface area contributed by atoms with Gasteiger partial charge >= 0.3 is 0 Å². The number of aliphatic hydroxyl groups excluding tert-OH is 1. The van der Waals surface area contributed by atoms with Gasteiger partial charge in [-0.3, -0.25) is 0 Å². The van der Waals surface area contributed by atoms with Crippen LogP contribution in [-0.2, 0) is 16.3 Å². The van der Waals surface area contributed by atoms with E-state index in [1.807, 2.05) is 36.4 Å². The highest BCUT2D eigenvalue weighted by molar-refractivity contribution is 7.91. The molecular formula is C23H22N6O4S. The van der Waals surface area contributed by atoms with Crippen LogP contribution in [0.3, 0.4) is 0 Å². The third-order valence-corrected chi connectivity index (χ3v) is 7.48. The van der Waals surface area contributed by atoms with Crippen LogP contribution in [0.15, 0.2) is 70.4 Å². The molecule has 11 heteroatoms. The molecule has 1 atom stereocenters. The number of benzene rings is 2. The maximum absolute atomic E-state index is 12.3. The number of rotatable bonds is 7. The zero-order valence-corrected chi connectivity index (χ0v) is 18.9. The average molecular weight is 479 g/mol. The van der Waals surface area contributed by atoms with E-state index in [4.69, 9.17) is 4.42 Å². The first-order valence-electron chi connectivity index (χ1n) is 10.7. The number of aromatic nitrogens is 4. The van der Waals surface area contributed by atoms with Crippen molar-refractivity contribution >= 4 is 27.3 Å². The Morgan fingerprint density at radius 1 is 1.15 bits per heavy atom. The van der Waals surface area contributed by atoms with Gasteiger partial charge in [0.1, 0.15) is 5.82 Å². The Morgan fingerprint density at radius 2 is 2.00 bits per heavy atom. The van der Waals surface area contributed by atoms with E-state index in [0.717, 1.165) is 11.1 Å². The molecule has 0 saturated carbocycles. The summed E-state index contributed by atoms with van der Waals surface area (Å²) in [5.41, 5.74) is 2.81. The largest absolute Gasteiger partial charge is 0.423 e. The zero-order valence-electron chi connectivity index (χ0n) is 18.0. The lowest BCUT2D eigenvalue weighted by Crippen LogP contribution is -2.17. The van der Waals surface area contributed by atoms with Crippen LogP contribution in [0.25, 0.3) is 11.5 Å². The highest BCUT2D eigenvalue weighted by atomic mass is 32.2. The van der Waals surface area contributed by atoms with Crippen molar-refractivity contribution in [3.8, 4) is 11.5 Å². The number of aryl methyl sites for hydroxylation is 1. The van der Waals surface area contributed by atoms with E-state index in [2.05, 4.69) is 30.8 Å². The minimum atomic E-state index is -3.23. The van der Waals surface area contributed by atoms with Crippen molar-refractivity contribution in [2.75, 3.05) is 23.0 Å². The highest BCUT2D eigenvalue weighted by Gasteiger charge is 2.24. The molecule has 34 heavy (non-hydrogen) atoms. The van der Waals surface area contributed by atoms with Crippen molar-refractivity contribution in [3.63, 3.8) is 0 Å². The molecule has 3 heterocycles. The van der Waals surface area contributed by atoms with Crippen molar-refractivity contribution in [2.45, 2.75) is 23.8 Å². The summed E-state index contributed by atoms with van der Waals surface area (Å²) >= 11 is 0. The summed E-state index contributed by atoms with van der Waals surface area (Å²) in [4.78, 5) is 9.34. The second-order valence-corrected chi connectivity index (χ2v) is 9.94. The Kier molecular flexibility index (Phi) is 5.95. The Balaban J connectivity index is 1.47. The summed E-state index contributed by atoms with van der Waals surface area (Å²) in [5, 5.41) is 24.1. The Morgan fingerprint density at radius 3 is 2.76 bits per heavy atom. The fourth-order valence-corrected chi connectivity index (χ4v) is 5.51. The summed E-state index contributed by atoms with van der Waals surface area (Å²) in [6.07, 6.45) is 4.06. The van der Waals surface area contributed by atoms with Gasteiger partial charge in [0.2, 0.25) is 12.3 Å². The maximum Gasteiger partial charge on any atom is 0.252 e. The van der Waals surface area contributed by atoms with E-state index in [1.54, 1.807) is 18.3 Å². The van der Waals surface area contributed by atoms with Crippen LogP contribution in [0.1, 0.15) is 23.6 Å². The van der Waals surface area contributed by atoms with Gasteiger partial charge in [0.25, 0.3) is 5.89 Å². The van der Waals surface area contributed by atoms with E-state index in [-0.39, 0.29) is 24.2 Å². The molecule has 2 aromatic heterocycles. The smallest absolute Gasteiger partial charge is 0.252 e. The van der Waals surface area contributed by atoms with Crippen molar-refractivity contribution in [3.05, 3.63) is 72.2 Å². The van der Waals surface area contributed by atoms with Gasteiger partial charge in [0.05, 0.1) is 28.9 Å². The van der Waals surface area contributed by atoms with Crippen LogP contribution in [-0.4, -0.2) is 46.0 Å². The summed E-state index contributed by atoms with van der Waals surface area (Å²) in [7, 11) is -3.23. The quantitative estimate of drug-likeness (QED) is 0.362. The number of aliphatic hydroxyl groups is 1. The normalized spacial score (nSPS) is 15.3. The van der Waals surface area contributed by atoms with Gasteiger partial charge in [0, 0.05) is 11.9 Å². The van der Waals surface area contributed by atoms with E-state index in [0.29, 0.717) is 34.8 Å². The molecule has 2 aromatic carbocycles. The summed E-state index contributed by atoms with van der Waals surface area (Å²) in [6.45, 7) is -0.167. The third kappa shape index (κ3) is 4.47. The van der Waals surface area contributed by atoms with E-state index in [1.165, 1.54) is 6.39 Å². The molecule has 0 fully saturated rings. The molecule has 0 radical (unpaired) electrons. The lowest BCUT2D eigenvalue weighted by Gasteiger charge is -2.20. The Labute approximate surface area is 196 Å². The summed E-state index contributed by atoms with van der Waals surface area (Å²) in [5.74, 6) is 1.09. The predicted molar refractivity (Wildman–Crippen MR) is 125 cm³/mol. The predicted octanol–water partition coefficient (Wildman–Crippen LogP) is 3.14. The number of hydrogen-bond acceptors (Lipinski definition) is 10. The minimum absolute atomic E-state index is 0.167. The molecule has 0 saturated heterocycles.